The van der Waals surface area contributed by atoms with Gasteiger partial charge >= 0.3 is 0 Å². The van der Waals surface area contributed by atoms with E-state index in [0.717, 1.165) is 18.2 Å². The van der Waals surface area contributed by atoms with Gasteiger partial charge in [0.2, 0.25) is 5.95 Å². The first kappa shape index (κ1) is 13.2. The van der Waals surface area contributed by atoms with Crippen LogP contribution in [-0.2, 0) is 10.0 Å². The van der Waals surface area contributed by atoms with Crippen molar-refractivity contribution in [3.8, 4) is 0 Å². The zero-order chi connectivity index (χ0) is 14.0. The number of pyridine rings is 1. The van der Waals surface area contributed by atoms with E-state index in [1.54, 1.807) is 0 Å². The maximum Gasteiger partial charge on any atom is 0.266 e. The predicted octanol–water partition coefficient (Wildman–Crippen LogP) is 1.74. The van der Waals surface area contributed by atoms with Crippen LogP contribution in [0.2, 0.25) is 0 Å². The summed E-state index contributed by atoms with van der Waals surface area (Å²) in [6, 6.07) is 6.70. The summed E-state index contributed by atoms with van der Waals surface area (Å²) in [4.78, 5) is 2.70. The van der Waals surface area contributed by atoms with Crippen LogP contribution in [0.4, 0.5) is 20.3 Å². The van der Waals surface area contributed by atoms with Gasteiger partial charge in [-0.2, -0.15) is 4.39 Å². The van der Waals surface area contributed by atoms with Crippen molar-refractivity contribution in [2.75, 3.05) is 10.5 Å². The number of anilines is 2. The van der Waals surface area contributed by atoms with Crippen LogP contribution >= 0.6 is 0 Å². The van der Waals surface area contributed by atoms with Gasteiger partial charge in [0, 0.05) is 5.69 Å². The first-order chi connectivity index (χ1) is 8.88. The van der Waals surface area contributed by atoms with Crippen LogP contribution in [0.1, 0.15) is 0 Å². The van der Waals surface area contributed by atoms with E-state index >= 15 is 0 Å². The standard InChI is InChI=1S/C11H9F2N3O2S/c12-8-5-4-7(14)6-9(8)19(17,18)16-11-3-1-2-10(13)15-11/h1-6H,14H2,(H,15,16). The van der Waals surface area contributed by atoms with Crippen LogP contribution in [0.3, 0.4) is 0 Å². The fourth-order valence-corrected chi connectivity index (χ4v) is 2.50. The highest BCUT2D eigenvalue weighted by Crippen LogP contribution is 2.20. The average molecular weight is 285 g/mol. The molecule has 0 radical (unpaired) electrons. The van der Waals surface area contributed by atoms with E-state index in [2.05, 4.69) is 4.98 Å². The Labute approximate surface area is 108 Å². The molecule has 1 heterocycles. The van der Waals surface area contributed by atoms with Gasteiger partial charge in [0.15, 0.2) is 0 Å². The first-order valence-electron chi connectivity index (χ1n) is 5.09. The molecule has 1 aromatic carbocycles. The van der Waals surface area contributed by atoms with Gasteiger partial charge in [-0.05, 0) is 30.3 Å². The Morgan fingerprint density at radius 2 is 1.89 bits per heavy atom. The normalized spacial score (nSPS) is 11.3. The summed E-state index contributed by atoms with van der Waals surface area (Å²) in [5.74, 6) is -2.06. The number of halogens is 2. The second-order valence-corrected chi connectivity index (χ2v) is 5.29. The minimum atomic E-state index is -4.22. The highest BCUT2D eigenvalue weighted by Gasteiger charge is 2.20. The molecule has 3 N–H and O–H groups in total. The SMILES string of the molecule is Nc1ccc(F)c(S(=O)(=O)Nc2cccc(F)n2)c1. The second kappa shape index (κ2) is 4.81. The molecule has 0 saturated carbocycles. The number of nitrogens with zero attached hydrogens (tertiary/aromatic N) is 1. The summed E-state index contributed by atoms with van der Waals surface area (Å²) < 4.78 is 52.1. The van der Waals surface area contributed by atoms with E-state index in [4.69, 9.17) is 5.73 Å². The molecule has 8 heteroatoms. The topological polar surface area (TPSA) is 85.1 Å². The van der Waals surface area contributed by atoms with Gasteiger partial charge in [-0.25, -0.2) is 17.8 Å². The van der Waals surface area contributed by atoms with Crippen LogP contribution in [0.15, 0.2) is 41.3 Å². The Morgan fingerprint density at radius 1 is 1.16 bits per heavy atom. The summed E-state index contributed by atoms with van der Waals surface area (Å²) in [6.07, 6.45) is 0. The number of sulfonamides is 1. The maximum absolute atomic E-state index is 13.5. The molecule has 0 unspecified atom stereocenters. The van der Waals surface area contributed by atoms with Gasteiger partial charge in [-0.15, -0.1) is 0 Å². The lowest BCUT2D eigenvalue weighted by molar-refractivity contribution is 0.569. The fourth-order valence-electron chi connectivity index (χ4n) is 1.38. The van der Waals surface area contributed by atoms with Gasteiger partial charge in [-0.1, -0.05) is 6.07 Å². The molecule has 0 aliphatic heterocycles. The summed E-state index contributed by atoms with van der Waals surface area (Å²) in [7, 11) is -4.22. The van der Waals surface area contributed by atoms with Gasteiger partial charge in [0.05, 0.1) is 0 Å². The number of hydrogen-bond donors (Lipinski definition) is 2. The molecule has 0 atom stereocenters. The molecule has 0 spiro atoms. The zero-order valence-electron chi connectivity index (χ0n) is 9.47. The minimum Gasteiger partial charge on any atom is -0.399 e. The summed E-state index contributed by atoms with van der Waals surface area (Å²) in [5.41, 5.74) is 5.50. The molecule has 100 valence electrons. The lowest BCUT2D eigenvalue weighted by Gasteiger charge is -2.08. The molecule has 0 aliphatic carbocycles. The third-order valence-corrected chi connectivity index (χ3v) is 3.57. The molecule has 19 heavy (non-hydrogen) atoms. The molecule has 2 aromatic rings. The van der Waals surface area contributed by atoms with E-state index in [9.17, 15) is 17.2 Å². The Morgan fingerprint density at radius 3 is 2.58 bits per heavy atom. The van der Waals surface area contributed by atoms with E-state index in [0.29, 0.717) is 0 Å². The summed E-state index contributed by atoms with van der Waals surface area (Å²) in [5, 5.41) is 0. The molecule has 1 aromatic heterocycles. The van der Waals surface area contributed by atoms with Gasteiger partial charge in [0.1, 0.15) is 16.5 Å². The number of nitrogen functional groups attached to an aromatic ring is 1. The van der Waals surface area contributed by atoms with Gasteiger partial charge in [-0.3, -0.25) is 4.72 Å². The largest absolute Gasteiger partial charge is 0.399 e. The molecule has 0 saturated heterocycles. The van der Waals surface area contributed by atoms with Crippen LogP contribution in [0.25, 0.3) is 0 Å². The number of nitrogens with two attached hydrogens (primary N) is 1. The summed E-state index contributed by atoms with van der Waals surface area (Å²) >= 11 is 0. The lowest BCUT2D eigenvalue weighted by atomic mass is 10.3. The highest BCUT2D eigenvalue weighted by atomic mass is 32.2. The Kier molecular flexibility index (Phi) is 3.34. The number of nitrogens with one attached hydrogen (secondary N) is 1. The Hall–Kier alpha value is -2.22. The summed E-state index contributed by atoms with van der Waals surface area (Å²) in [6.45, 7) is 0. The van der Waals surface area contributed by atoms with Crippen molar-refractivity contribution in [1.82, 2.24) is 4.98 Å². The predicted molar refractivity (Wildman–Crippen MR) is 65.8 cm³/mol. The Balaban J connectivity index is 2.40. The zero-order valence-corrected chi connectivity index (χ0v) is 10.3. The van der Waals surface area contributed by atoms with E-state index < -0.39 is 26.7 Å². The van der Waals surface area contributed by atoms with E-state index in [1.165, 1.54) is 18.2 Å². The number of hydrogen-bond acceptors (Lipinski definition) is 4. The van der Waals surface area contributed by atoms with Crippen molar-refractivity contribution in [1.29, 1.82) is 0 Å². The van der Waals surface area contributed by atoms with Crippen LogP contribution in [0, 0.1) is 11.8 Å². The third kappa shape index (κ3) is 2.97. The molecule has 0 fully saturated rings. The number of rotatable bonds is 3. The van der Waals surface area contributed by atoms with Crippen molar-refractivity contribution in [2.24, 2.45) is 0 Å². The average Bonchev–Trinajstić information content (AvgIpc) is 2.31. The molecular formula is C11H9F2N3O2S. The third-order valence-electron chi connectivity index (χ3n) is 2.20. The van der Waals surface area contributed by atoms with Crippen LogP contribution in [-0.4, -0.2) is 13.4 Å². The van der Waals surface area contributed by atoms with Crippen LogP contribution in [0.5, 0.6) is 0 Å². The van der Waals surface area contributed by atoms with E-state index in [-0.39, 0.29) is 11.5 Å². The quantitative estimate of drug-likeness (QED) is 0.664. The highest BCUT2D eigenvalue weighted by molar-refractivity contribution is 7.92. The number of aromatic nitrogens is 1. The van der Waals surface area contributed by atoms with Gasteiger partial charge < -0.3 is 5.73 Å². The molecule has 2 rings (SSSR count). The monoisotopic (exact) mass is 285 g/mol. The molecular weight excluding hydrogens is 276 g/mol. The molecule has 0 aliphatic rings. The van der Waals surface area contributed by atoms with Crippen molar-refractivity contribution >= 4 is 21.5 Å². The van der Waals surface area contributed by atoms with Crippen molar-refractivity contribution in [2.45, 2.75) is 4.90 Å². The van der Waals surface area contributed by atoms with Crippen molar-refractivity contribution < 1.29 is 17.2 Å². The maximum atomic E-state index is 13.5. The Bertz CT molecular complexity index is 720. The minimum absolute atomic E-state index is 0.0916. The smallest absolute Gasteiger partial charge is 0.266 e. The van der Waals surface area contributed by atoms with Gasteiger partial charge in [0.25, 0.3) is 10.0 Å². The lowest BCUT2D eigenvalue weighted by Crippen LogP contribution is -2.16. The fraction of sp³-hybridized carbons (Fsp3) is 0. The first-order valence-corrected chi connectivity index (χ1v) is 6.57. The van der Waals surface area contributed by atoms with Crippen LogP contribution < -0.4 is 10.5 Å². The van der Waals surface area contributed by atoms with E-state index in [1.807, 2.05) is 4.72 Å². The second-order valence-electron chi connectivity index (χ2n) is 3.64. The number of benzene rings is 1. The molecule has 0 amide bonds. The van der Waals surface area contributed by atoms with Crippen molar-refractivity contribution in [3.63, 3.8) is 0 Å². The van der Waals surface area contributed by atoms with Crippen molar-refractivity contribution in [3.05, 3.63) is 48.2 Å². The molecule has 0 bridgehead atoms. The molecule has 5 nitrogen and oxygen atoms in total.